The van der Waals surface area contributed by atoms with Crippen molar-refractivity contribution in [2.75, 3.05) is 6.00 Å². The summed E-state index contributed by atoms with van der Waals surface area (Å²) in [5.41, 5.74) is 0. The van der Waals surface area contributed by atoms with E-state index in [2.05, 4.69) is 5.32 Å². The second-order valence-corrected chi connectivity index (χ2v) is 1.19. The van der Waals surface area contributed by atoms with Crippen LogP contribution < -0.4 is 5.32 Å². The zero-order valence-corrected chi connectivity index (χ0v) is 4.38. The summed E-state index contributed by atoms with van der Waals surface area (Å²) in [6, 6.07) is 0.0718. The first kappa shape index (κ1) is 6.05. The molecular formula is C2H3Cl2NO. The summed E-state index contributed by atoms with van der Waals surface area (Å²) in [4.78, 5) is 9.61. The van der Waals surface area contributed by atoms with Crippen LogP contribution in [0.4, 0.5) is 4.79 Å². The van der Waals surface area contributed by atoms with Crippen molar-refractivity contribution in [3.05, 3.63) is 0 Å². The normalized spacial score (nSPS) is 7.67. The van der Waals surface area contributed by atoms with Gasteiger partial charge in [0, 0.05) is 0 Å². The maximum Gasteiger partial charge on any atom is 0.314 e. The molecule has 0 bridgehead atoms. The lowest BCUT2D eigenvalue weighted by atomic mass is 11.2. The smallest absolute Gasteiger partial charge is 0.314 e. The number of nitrogens with one attached hydrogen (secondary N) is 1. The Kier molecular flexibility index (Phi) is 3.28. The molecule has 0 rings (SSSR count). The van der Waals surface area contributed by atoms with Crippen LogP contribution in [0.1, 0.15) is 0 Å². The first-order valence-corrected chi connectivity index (χ1v) is 2.18. The Morgan fingerprint density at radius 2 is 2.33 bits per heavy atom. The lowest BCUT2D eigenvalue weighted by Crippen LogP contribution is -2.12. The molecule has 0 fully saturated rings. The summed E-state index contributed by atoms with van der Waals surface area (Å²) in [6.45, 7) is 0. The third-order valence-electron chi connectivity index (χ3n) is 0.206. The molecule has 0 aliphatic heterocycles. The second kappa shape index (κ2) is 3.25. The monoisotopic (exact) mass is 127 g/mol. The Labute approximate surface area is 45.4 Å². The Bertz CT molecular complexity index is 55.5. The van der Waals surface area contributed by atoms with Gasteiger partial charge in [0.15, 0.2) is 0 Å². The minimum Gasteiger partial charge on any atom is -0.329 e. The minimum atomic E-state index is -0.620. The molecule has 1 amide bonds. The number of hydrogen-bond donors (Lipinski definition) is 1. The van der Waals surface area contributed by atoms with Crippen LogP contribution in [-0.2, 0) is 0 Å². The van der Waals surface area contributed by atoms with E-state index in [9.17, 15) is 4.79 Å². The highest BCUT2D eigenvalue weighted by Crippen LogP contribution is 1.75. The van der Waals surface area contributed by atoms with E-state index >= 15 is 0 Å². The van der Waals surface area contributed by atoms with Crippen LogP contribution in [0.2, 0.25) is 0 Å². The van der Waals surface area contributed by atoms with Crippen LogP contribution in [0.15, 0.2) is 0 Å². The summed E-state index contributed by atoms with van der Waals surface area (Å²) in [5, 5.41) is 1.48. The predicted octanol–water partition coefficient (Wildman–Crippen LogP) is 1.13. The summed E-state index contributed by atoms with van der Waals surface area (Å²) in [6.07, 6.45) is 0. The average Bonchev–Trinajstić information content (AvgIpc) is 1.35. The molecule has 1 N–H and O–H groups in total. The van der Waals surface area contributed by atoms with E-state index < -0.39 is 5.37 Å². The highest BCUT2D eigenvalue weighted by molar-refractivity contribution is 6.63. The van der Waals surface area contributed by atoms with Crippen molar-refractivity contribution < 1.29 is 4.79 Å². The van der Waals surface area contributed by atoms with Crippen molar-refractivity contribution in [1.29, 1.82) is 0 Å². The van der Waals surface area contributed by atoms with Gasteiger partial charge in [-0.25, -0.2) is 0 Å². The quantitative estimate of drug-likeness (QED) is 0.320. The van der Waals surface area contributed by atoms with Gasteiger partial charge >= 0.3 is 5.37 Å². The standard InChI is InChI=1S/C2H3Cl2NO/c3-1-5-2(4)6/h1H2,(H,5,6). The SMILES string of the molecule is O=C(Cl)NCCl. The maximum atomic E-state index is 9.61. The van der Waals surface area contributed by atoms with Crippen LogP contribution in [0, 0.1) is 0 Å². The lowest BCUT2D eigenvalue weighted by Gasteiger charge is -1.84. The number of halogens is 2. The highest BCUT2D eigenvalue weighted by atomic mass is 35.5. The van der Waals surface area contributed by atoms with Crippen molar-refractivity contribution in [2.45, 2.75) is 0 Å². The summed E-state index contributed by atoms with van der Waals surface area (Å²) in [5.74, 6) is 0. The Morgan fingerprint density at radius 3 is 2.33 bits per heavy atom. The Balaban J connectivity index is 2.83. The van der Waals surface area contributed by atoms with Gasteiger partial charge < -0.3 is 5.32 Å². The Hall–Kier alpha value is 0.0500. The average molecular weight is 128 g/mol. The predicted molar refractivity (Wildman–Crippen MR) is 25.1 cm³/mol. The Morgan fingerprint density at radius 1 is 1.83 bits per heavy atom. The summed E-state index contributed by atoms with van der Waals surface area (Å²) >= 11 is 9.72. The van der Waals surface area contributed by atoms with E-state index in [0.29, 0.717) is 0 Å². The minimum absolute atomic E-state index is 0.0718. The molecule has 0 heterocycles. The van der Waals surface area contributed by atoms with E-state index in [0.717, 1.165) is 0 Å². The number of carbonyl (C=O) groups is 1. The second-order valence-electron chi connectivity index (χ2n) is 0.584. The van der Waals surface area contributed by atoms with Crippen LogP contribution in [0.25, 0.3) is 0 Å². The number of rotatable bonds is 1. The zero-order chi connectivity index (χ0) is 4.99. The third kappa shape index (κ3) is 4.05. The number of amides is 1. The van der Waals surface area contributed by atoms with Gasteiger partial charge in [0.1, 0.15) is 0 Å². The van der Waals surface area contributed by atoms with Crippen molar-refractivity contribution in [2.24, 2.45) is 0 Å². The van der Waals surface area contributed by atoms with Crippen molar-refractivity contribution >= 4 is 28.6 Å². The van der Waals surface area contributed by atoms with Crippen LogP contribution in [0.3, 0.4) is 0 Å². The van der Waals surface area contributed by atoms with E-state index in [1.54, 1.807) is 0 Å². The van der Waals surface area contributed by atoms with Crippen LogP contribution in [0.5, 0.6) is 0 Å². The largest absolute Gasteiger partial charge is 0.329 e. The molecule has 0 aromatic rings. The topological polar surface area (TPSA) is 29.1 Å². The van der Waals surface area contributed by atoms with Crippen LogP contribution in [-0.4, -0.2) is 11.4 Å². The third-order valence-corrected chi connectivity index (χ3v) is 0.473. The molecule has 0 aliphatic rings. The van der Waals surface area contributed by atoms with Crippen molar-refractivity contribution in [3.63, 3.8) is 0 Å². The highest BCUT2D eigenvalue weighted by Gasteiger charge is 1.84. The van der Waals surface area contributed by atoms with Crippen molar-refractivity contribution in [1.82, 2.24) is 5.32 Å². The zero-order valence-electron chi connectivity index (χ0n) is 2.87. The first-order valence-electron chi connectivity index (χ1n) is 1.26. The molecule has 0 aromatic heterocycles. The first-order chi connectivity index (χ1) is 2.77. The molecule has 36 valence electrons. The van der Waals surface area contributed by atoms with E-state index in [4.69, 9.17) is 23.2 Å². The molecule has 0 spiro atoms. The van der Waals surface area contributed by atoms with Crippen LogP contribution >= 0.6 is 23.2 Å². The molecule has 2 nitrogen and oxygen atoms in total. The van der Waals surface area contributed by atoms with E-state index in [1.165, 1.54) is 0 Å². The summed E-state index contributed by atoms with van der Waals surface area (Å²) < 4.78 is 0. The van der Waals surface area contributed by atoms with Gasteiger partial charge in [0.25, 0.3) is 0 Å². The number of alkyl halides is 1. The molecule has 0 atom stereocenters. The van der Waals surface area contributed by atoms with E-state index in [-0.39, 0.29) is 6.00 Å². The maximum absolute atomic E-state index is 9.61. The van der Waals surface area contributed by atoms with Crippen molar-refractivity contribution in [3.8, 4) is 0 Å². The molecule has 0 radical (unpaired) electrons. The van der Waals surface area contributed by atoms with Gasteiger partial charge in [-0.1, -0.05) is 0 Å². The summed E-state index contributed by atoms with van der Waals surface area (Å²) in [7, 11) is 0. The molecule has 0 aliphatic carbocycles. The fourth-order valence-electron chi connectivity index (χ4n) is 0.0525. The molecule has 0 saturated heterocycles. The fraction of sp³-hybridized carbons (Fsp3) is 0.500. The van der Waals surface area contributed by atoms with E-state index in [1.807, 2.05) is 0 Å². The van der Waals surface area contributed by atoms with Gasteiger partial charge in [-0.2, -0.15) is 0 Å². The van der Waals surface area contributed by atoms with Gasteiger partial charge in [0.2, 0.25) is 0 Å². The fourth-order valence-corrected chi connectivity index (χ4v) is 0.309. The molecule has 0 unspecified atom stereocenters. The molecule has 6 heavy (non-hydrogen) atoms. The van der Waals surface area contributed by atoms with Gasteiger partial charge in [-0.05, 0) is 11.6 Å². The lowest BCUT2D eigenvalue weighted by molar-refractivity contribution is 0.261. The number of carbonyl (C=O) groups excluding carboxylic acids is 1. The number of hydrogen-bond acceptors (Lipinski definition) is 1. The molecule has 0 aromatic carbocycles. The molecular weight excluding hydrogens is 125 g/mol. The van der Waals surface area contributed by atoms with Gasteiger partial charge in [0.05, 0.1) is 6.00 Å². The van der Waals surface area contributed by atoms with Gasteiger partial charge in [-0.3, -0.25) is 4.79 Å². The van der Waals surface area contributed by atoms with Gasteiger partial charge in [-0.15, -0.1) is 11.6 Å². The molecule has 0 saturated carbocycles. The molecule has 4 heteroatoms.